The molecule has 7 heteroatoms. The lowest BCUT2D eigenvalue weighted by atomic mass is 9.91. The van der Waals surface area contributed by atoms with Crippen LogP contribution >= 0.6 is 0 Å². The Kier molecular flexibility index (Phi) is 5.10. The number of morpholine rings is 1. The molecule has 2 fully saturated rings. The van der Waals surface area contributed by atoms with Crippen LogP contribution in [0, 0.1) is 5.92 Å². The smallest absolute Gasteiger partial charge is 0.236 e. The molecule has 1 atom stereocenters. The number of ether oxygens (including phenoxy) is 1. The highest BCUT2D eigenvalue weighted by molar-refractivity contribution is 7.89. The molecular formula is C12H20N2O4S. The monoisotopic (exact) mass is 288 g/mol. The van der Waals surface area contributed by atoms with Gasteiger partial charge < -0.3 is 4.74 Å². The maximum atomic E-state index is 12.4. The van der Waals surface area contributed by atoms with Gasteiger partial charge in [0, 0.05) is 6.54 Å². The zero-order chi connectivity index (χ0) is 13.7. The van der Waals surface area contributed by atoms with E-state index in [4.69, 9.17) is 4.74 Å². The van der Waals surface area contributed by atoms with Gasteiger partial charge in [0.2, 0.25) is 16.1 Å². The summed E-state index contributed by atoms with van der Waals surface area (Å²) in [6.45, 7) is 0.763. The Balaban J connectivity index is 2.05. The Labute approximate surface area is 113 Å². The van der Waals surface area contributed by atoms with Crippen LogP contribution < -0.4 is 0 Å². The van der Waals surface area contributed by atoms with Gasteiger partial charge >= 0.3 is 0 Å². The van der Waals surface area contributed by atoms with Gasteiger partial charge in [-0.1, -0.05) is 19.3 Å². The summed E-state index contributed by atoms with van der Waals surface area (Å²) in [5, 5.41) is 0. The fourth-order valence-electron chi connectivity index (χ4n) is 2.81. The molecule has 0 aromatic rings. The van der Waals surface area contributed by atoms with Crippen LogP contribution in [-0.4, -0.2) is 50.5 Å². The predicted molar refractivity (Wildman–Crippen MR) is 69.8 cm³/mol. The summed E-state index contributed by atoms with van der Waals surface area (Å²) in [4.78, 5) is 13.9. The van der Waals surface area contributed by atoms with Crippen molar-refractivity contribution >= 4 is 16.1 Å². The molecule has 6 nitrogen and oxygen atoms in total. The van der Waals surface area contributed by atoms with E-state index in [1.54, 1.807) is 0 Å². The van der Waals surface area contributed by atoms with Crippen molar-refractivity contribution in [3.05, 3.63) is 0 Å². The highest BCUT2D eigenvalue weighted by Gasteiger charge is 2.34. The van der Waals surface area contributed by atoms with Crippen LogP contribution in [0.2, 0.25) is 0 Å². The summed E-state index contributed by atoms with van der Waals surface area (Å²) in [6.07, 6.45) is 6.07. The van der Waals surface area contributed by atoms with Gasteiger partial charge in [-0.3, -0.25) is 0 Å². The molecule has 19 heavy (non-hydrogen) atoms. The van der Waals surface area contributed by atoms with Gasteiger partial charge in [0.15, 0.2) is 6.17 Å². The highest BCUT2D eigenvalue weighted by atomic mass is 32.2. The SMILES string of the molecule is O=C=NC1COCCN1S(=O)(=O)CC1CCCCC1. The molecule has 1 saturated carbocycles. The number of hydrogen-bond donors (Lipinski definition) is 0. The second kappa shape index (κ2) is 6.61. The van der Waals surface area contributed by atoms with Crippen molar-refractivity contribution in [3.8, 4) is 0 Å². The average molecular weight is 288 g/mol. The quantitative estimate of drug-likeness (QED) is 0.568. The van der Waals surface area contributed by atoms with Gasteiger partial charge in [-0.2, -0.15) is 9.30 Å². The van der Waals surface area contributed by atoms with Crippen molar-refractivity contribution in [1.82, 2.24) is 4.31 Å². The van der Waals surface area contributed by atoms with Crippen LogP contribution in [0.5, 0.6) is 0 Å². The molecule has 108 valence electrons. The summed E-state index contributed by atoms with van der Waals surface area (Å²) in [7, 11) is -3.37. The minimum absolute atomic E-state index is 0.138. The van der Waals surface area contributed by atoms with E-state index in [1.807, 2.05) is 0 Å². The molecule has 0 N–H and O–H groups in total. The lowest BCUT2D eigenvalue weighted by Gasteiger charge is -2.32. The van der Waals surface area contributed by atoms with Crippen molar-refractivity contribution < 1.29 is 17.9 Å². The lowest BCUT2D eigenvalue weighted by molar-refractivity contribution is 0.0357. The fraction of sp³-hybridized carbons (Fsp3) is 0.917. The summed E-state index contributed by atoms with van der Waals surface area (Å²) < 4.78 is 31.3. The normalized spacial score (nSPS) is 26.8. The molecule has 1 aliphatic carbocycles. The molecule has 0 bridgehead atoms. The average Bonchev–Trinajstić information content (AvgIpc) is 2.40. The van der Waals surface area contributed by atoms with Gasteiger partial charge in [0.1, 0.15) is 0 Å². The third-order valence-corrected chi connectivity index (χ3v) is 5.82. The highest BCUT2D eigenvalue weighted by Crippen LogP contribution is 2.26. The Morgan fingerprint density at radius 1 is 1.26 bits per heavy atom. The summed E-state index contributed by atoms with van der Waals surface area (Å²) in [5.74, 6) is 0.403. The lowest BCUT2D eigenvalue weighted by Crippen LogP contribution is -2.49. The molecular weight excluding hydrogens is 268 g/mol. The first-order valence-corrected chi connectivity index (χ1v) is 8.38. The van der Waals surface area contributed by atoms with Crippen molar-refractivity contribution in [1.29, 1.82) is 0 Å². The van der Waals surface area contributed by atoms with E-state index in [0.717, 1.165) is 25.7 Å². The number of rotatable bonds is 4. The van der Waals surface area contributed by atoms with Crippen LogP contribution in [-0.2, 0) is 19.6 Å². The molecule has 0 radical (unpaired) electrons. The molecule has 1 unspecified atom stereocenters. The molecule has 1 heterocycles. The number of nitrogens with zero attached hydrogens (tertiary/aromatic N) is 2. The number of sulfonamides is 1. The molecule has 0 spiro atoms. The van der Waals surface area contributed by atoms with Gasteiger partial charge in [0.05, 0.1) is 19.0 Å². The van der Waals surface area contributed by atoms with Crippen LogP contribution in [0.15, 0.2) is 4.99 Å². The molecule has 1 saturated heterocycles. The van der Waals surface area contributed by atoms with Crippen LogP contribution in [0.1, 0.15) is 32.1 Å². The van der Waals surface area contributed by atoms with E-state index in [9.17, 15) is 13.2 Å². The van der Waals surface area contributed by atoms with E-state index >= 15 is 0 Å². The Morgan fingerprint density at radius 2 is 2.00 bits per heavy atom. The number of aliphatic imine (C=N–C) groups is 1. The summed E-state index contributed by atoms with van der Waals surface area (Å²) in [6, 6.07) is 0. The Morgan fingerprint density at radius 3 is 2.68 bits per heavy atom. The zero-order valence-corrected chi connectivity index (χ0v) is 11.8. The predicted octanol–water partition coefficient (Wildman–Crippen LogP) is 0.891. The standard InChI is InChI=1S/C12H20N2O4S/c15-10-13-12-8-18-7-6-14(12)19(16,17)9-11-4-2-1-3-5-11/h11-12H,1-9H2. The van der Waals surface area contributed by atoms with Crippen molar-refractivity contribution in [2.45, 2.75) is 38.3 Å². The number of isocyanates is 1. The van der Waals surface area contributed by atoms with E-state index in [0.29, 0.717) is 6.61 Å². The van der Waals surface area contributed by atoms with Gasteiger partial charge in [-0.15, -0.1) is 0 Å². The number of carbonyl (C=O) groups excluding carboxylic acids is 1. The van der Waals surface area contributed by atoms with E-state index in [2.05, 4.69) is 4.99 Å². The molecule has 0 aromatic carbocycles. The van der Waals surface area contributed by atoms with Crippen molar-refractivity contribution in [3.63, 3.8) is 0 Å². The first-order valence-electron chi connectivity index (χ1n) is 6.78. The molecule has 0 aromatic heterocycles. The second-order valence-electron chi connectivity index (χ2n) is 5.17. The van der Waals surface area contributed by atoms with Crippen LogP contribution in [0.25, 0.3) is 0 Å². The van der Waals surface area contributed by atoms with E-state index in [1.165, 1.54) is 16.8 Å². The number of hydrogen-bond acceptors (Lipinski definition) is 5. The minimum atomic E-state index is -3.37. The Bertz CT molecular complexity index is 439. The van der Waals surface area contributed by atoms with Crippen LogP contribution in [0.3, 0.4) is 0 Å². The van der Waals surface area contributed by atoms with Crippen LogP contribution in [0.4, 0.5) is 0 Å². The van der Waals surface area contributed by atoms with Crippen molar-refractivity contribution in [2.75, 3.05) is 25.5 Å². The van der Waals surface area contributed by atoms with Gasteiger partial charge in [0.25, 0.3) is 0 Å². The maximum absolute atomic E-state index is 12.4. The fourth-order valence-corrected chi connectivity index (χ4v) is 4.76. The summed E-state index contributed by atoms with van der Waals surface area (Å²) in [5.41, 5.74) is 0. The minimum Gasteiger partial charge on any atom is -0.376 e. The molecule has 0 amide bonds. The first kappa shape index (κ1) is 14.7. The third kappa shape index (κ3) is 3.86. The third-order valence-electron chi connectivity index (χ3n) is 3.79. The Hall–Kier alpha value is -0.750. The largest absolute Gasteiger partial charge is 0.376 e. The topological polar surface area (TPSA) is 76.0 Å². The second-order valence-corrected chi connectivity index (χ2v) is 7.14. The first-order chi connectivity index (χ1) is 9.13. The van der Waals surface area contributed by atoms with Gasteiger partial charge in [-0.25, -0.2) is 13.2 Å². The molecule has 2 rings (SSSR count). The van der Waals surface area contributed by atoms with Gasteiger partial charge in [-0.05, 0) is 18.8 Å². The zero-order valence-electron chi connectivity index (χ0n) is 11.0. The molecule has 1 aliphatic heterocycles. The maximum Gasteiger partial charge on any atom is 0.236 e. The van der Waals surface area contributed by atoms with Crippen molar-refractivity contribution in [2.24, 2.45) is 10.9 Å². The molecule has 2 aliphatic rings. The van der Waals surface area contributed by atoms with E-state index < -0.39 is 16.2 Å². The summed E-state index contributed by atoms with van der Waals surface area (Å²) >= 11 is 0. The van der Waals surface area contributed by atoms with E-state index in [-0.39, 0.29) is 24.8 Å².